The van der Waals surface area contributed by atoms with Gasteiger partial charge in [0, 0.05) is 5.38 Å². The topological polar surface area (TPSA) is 50.9 Å². The molecule has 1 aromatic heterocycles. The van der Waals surface area contributed by atoms with Crippen LogP contribution in [0, 0.1) is 12.7 Å². The Balaban J connectivity index is 2.23. The van der Waals surface area contributed by atoms with Crippen LogP contribution in [0.2, 0.25) is 5.02 Å². The predicted octanol–water partition coefficient (Wildman–Crippen LogP) is 2.99. The lowest BCUT2D eigenvalue weighted by Gasteiger charge is -2.14. The van der Waals surface area contributed by atoms with Crippen molar-refractivity contribution < 1.29 is 4.39 Å². The van der Waals surface area contributed by atoms with Crippen molar-refractivity contribution in [2.75, 3.05) is 0 Å². The molecule has 0 radical (unpaired) electrons. The van der Waals surface area contributed by atoms with E-state index in [-0.39, 0.29) is 11.1 Å². The van der Waals surface area contributed by atoms with E-state index in [0.717, 1.165) is 10.7 Å². The molecule has 0 aliphatic rings. The average Bonchev–Trinajstić information content (AvgIpc) is 2.78. The number of thiazole rings is 1. The molecule has 0 amide bonds. The molecule has 1 unspecified atom stereocenters. The Morgan fingerprint density at radius 3 is 2.94 bits per heavy atom. The predicted molar refractivity (Wildman–Crippen MR) is 72.0 cm³/mol. The first kappa shape index (κ1) is 13.4. The van der Waals surface area contributed by atoms with Crippen molar-refractivity contribution in [1.82, 2.24) is 10.4 Å². The summed E-state index contributed by atoms with van der Waals surface area (Å²) >= 11 is 7.29. The second kappa shape index (κ2) is 5.75. The molecule has 0 aliphatic carbocycles. The molecule has 0 fully saturated rings. The van der Waals surface area contributed by atoms with Crippen molar-refractivity contribution in [3.05, 3.63) is 50.7 Å². The number of nitrogens with zero attached hydrogens (tertiary/aromatic N) is 1. The van der Waals surface area contributed by atoms with Crippen LogP contribution in [0.15, 0.2) is 23.6 Å². The van der Waals surface area contributed by atoms with Crippen LogP contribution in [0.5, 0.6) is 0 Å². The number of hydrogen-bond donors (Lipinski definition) is 2. The lowest BCUT2D eigenvalue weighted by atomic mass is 10.0. The van der Waals surface area contributed by atoms with Crippen molar-refractivity contribution >= 4 is 22.9 Å². The molecule has 2 rings (SSSR count). The third-order valence-corrected chi connectivity index (χ3v) is 3.73. The van der Waals surface area contributed by atoms with Crippen LogP contribution in [0.25, 0.3) is 0 Å². The first-order valence-electron chi connectivity index (χ1n) is 5.43. The van der Waals surface area contributed by atoms with Gasteiger partial charge >= 0.3 is 0 Å². The Kier molecular flexibility index (Phi) is 4.29. The van der Waals surface area contributed by atoms with Gasteiger partial charge in [-0.3, -0.25) is 11.3 Å². The minimum absolute atomic E-state index is 0.123. The monoisotopic (exact) mass is 285 g/mol. The van der Waals surface area contributed by atoms with E-state index in [9.17, 15) is 4.39 Å². The Labute approximate surface area is 114 Å². The molecule has 0 saturated heterocycles. The van der Waals surface area contributed by atoms with Crippen LogP contribution in [0.3, 0.4) is 0 Å². The highest BCUT2D eigenvalue weighted by Gasteiger charge is 2.16. The highest BCUT2D eigenvalue weighted by Crippen LogP contribution is 2.24. The lowest BCUT2D eigenvalue weighted by Crippen LogP contribution is -2.30. The normalized spacial score (nSPS) is 12.7. The first-order valence-corrected chi connectivity index (χ1v) is 6.68. The summed E-state index contributed by atoms with van der Waals surface area (Å²) in [6.07, 6.45) is 0.409. The summed E-state index contributed by atoms with van der Waals surface area (Å²) in [5.41, 5.74) is 4.00. The molecular weight excluding hydrogens is 273 g/mol. The fraction of sp³-hybridized carbons (Fsp3) is 0.250. The Hall–Kier alpha value is -1.01. The smallest absolute Gasteiger partial charge is 0.145 e. The summed E-state index contributed by atoms with van der Waals surface area (Å²) in [6, 6.07) is 4.73. The summed E-state index contributed by atoms with van der Waals surface area (Å²) in [4.78, 5) is 4.35. The number of hydrogen-bond acceptors (Lipinski definition) is 4. The van der Waals surface area contributed by atoms with Gasteiger partial charge in [-0.1, -0.05) is 23.7 Å². The number of nitrogens with two attached hydrogens (primary N) is 1. The molecule has 3 N–H and O–H groups in total. The van der Waals surface area contributed by atoms with Gasteiger partial charge in [-0.05, 0) is 25.0 Å². The highest BCUT2D eigenvalue weighted by molar-refractivity contribution is 7.09. The Morgan fingerprint density at radius 2 is 2.33 bits per heavy atom. The van der Waals surface area contributed by atoms with Crippen LogP contribution in [-0.2, 0) is 6.42 Å². The van der Waals surface area contributed by atoms with E-state index < -0.39 is 5.82 Å². The van der Waals surface area contributed by atoms with Gasteiger partial charge in [0.05, 0.1) is 21.8 Å². The van der Waals surface area contributed by atoms with Crippen LogP contribution < -0.4 is 11.3 Å². The zero-order valence-electron chi connectivity index (χ0n) is 9.78. The number of hydrazine groups is 1. The van der Waals surface area contributed by atoms with Gasteiger partial charge in [-0.15, -0.1) is 11.3 Å². The minimum atomic E-state index is -0.397. The first-order chi connectivity index (χ1) is 8.61. The second-order valence-corrected chi connectivity index (χ2v) is 5.40. The van der Waals surface area contributed by atoms with E-state index in [4.69, 9.17) is 17.4 Å². The number of rotatable bonds is 4. The standard InChI is InChI=1S/C12H13ClFN3S/c1-7-16-11(6-18-7)10(17-15)5-8-3-2-4-9(13)12(8)14/h2-4,6,10,17H,5,15H2,1H3. The number of halogens is 2. The minimum Gasteiger partial charge on any atom is -0.271 e. The molecule has 2 aromatic rings. The van der Waals surface area contributed by atoms with Gasteiger partial charge in [-0.25, -0.2) is 9.37 Å². The molecular formula is C12H13ClFN3S. The van der Waals surface area contributed by atoms with Crippen molar-refractivity contribution in [3.8, 4) is 0 Å². The zero-order valence-corrected chi connectivity index (χ0v) is 11.4. The van der Waals surface area contributed by atoms with E-state index in [1.165, 1.54) is 17.4 Å². The number of aromatic nitrogens is 1. The maximum atomic E-state index is 13.8. The number of aryl methyl sites for hydroxylation is 1. The Morgan fingerprint density at radius 1 is 1.56 bits per heavy atom. The van der Waals surface area contributed by atoms with E-state index >= 15 is 0 Å². The van der Waals surface area contributed by atoms with Crippen molar-refractivity contribution in [2.45, 2.75) is 19.4 Å². The van der Waals surface area contributed by atoms with E-state index in [1.54, 1.807) is 12.1 Å². The lowest BCUT2D eigenvalue weighted by molar-refractivity contribution is 0.520. The van der Waals surface area contributed by atoms with Crippen LogP contribution >= 0.6 is 22.9 Å². The maximum absolute atomic E-state index is 13.8. The second-order valence-electron chi connectivity index (χ2n) is 3.93. The summed E-state index contributed by atoms with van der Waals surface area (Å²) in [5, 5.41) is 3.00. The Bertz CT molecular complexity index is 544. The molecule has 1 atom stereocenters. The molecule has 1 heterocycles. The van der Waals surface area contributed by atoms with Gasteiger partial charge in [0.25, 0.3) is 0 Å². The van der Waals surface area contributed by atoms with E-state index in [1.807, 2.05) is 12.3 Å². The molecule has 0 aliphatic heterocycles. The van der Waals surface area contributed by atoms with Crippen molar-refractivity contribution in [2.24, 2.45) is 5.84 Å². The summed E-state index contributed by atoms with van der Waals surface area (Å²) in [6.45, 7) is 1.92. The van der Waals surface area contributed by atoms with Crippen molar-refractivity contribution in [1.29, 1.82) is 0 Å². The molecule has 18 heavy (non-hydrogen) atoms. The number of benzene rings is 1. The molecule has 3 nitrogen and oxygen atoms in total. The van der Waals surface area contributed by atoms with Gasteiger partial charge < -0.3 is 0 Å². The molecule has 1 aromatic carbocycles. The fourth-order valence-corrected chi connectivity index (χ4v) is 2.58. The summed E-state index contributed by atoms with van der Waals surface area (Å²) in [5.74, 6) is 5.11. The summed E-state index contributed by atoms with van der Waals surface area (Å²) in [7, 11) is 0. The summed E-state index contributed by atoms with van der Waals surface area (Å²) < 4.78 is 13.8. The van der Waals surface area contributed by atoms with Gasteiger partial charge in [-0.2, -0.15) is 0 Å². The van der Waals surface area contributed by atoms with Gasteiger partial charge in [0.15, 0.2) is 0 Å². The van der Waals surface area contributed by atoms with Crippen LogP contribution in [0.1, 0.15) is 22.3 Å². The third kappa shape index (κ3) is 2.87. The van der Waals surface area contributed by atoms with E-state index in [2.05, 4.69) is 10.4 Å². The van der Waals surface area contributed by atoms with Crippen molar-refractivity contribution in [3.63, 3.8) is 0 Å². The van der Waals surface area contributed by atoms with Crippen LogP contribution in [0.4, 0.5) is 4.39 Å². The average molecular weight is 286 g/mol. The SMILES string of the molecule is Cc1nc(C(Cc2cccc(Cl)c2F)NN)cs1. The fourth-order valence-electron chi connectivity index (χ4n) is 1.72. The quantitative estimate of drug-likeness (QED) is 0.671. The maximum Gasteiger partial charge on any atom is 0.145 e. The molecule has 6 heteroatoms. The molecule has 0 spiro atoms. The zero-order chi connectivity index (χ0) is 13.1. The molecule has 0 bridgehead atoms. The molecule has 96 valence electrons. The van der Waals surface area contributed by atoms with E-state index in [0.29, 0.717) is 12.0 Å². The third-order valence-electron chi connectivity index (χ3n) is 2.65. The van der Waals surface area contributed by atoms with Gasteiger partial charge in [0.1, 0.15) is 5.82 Å². The van der Waals surface area contributed by atoms with Gasteiger partial charge in [0.2, 0.25) is 0 Å². The number of nitrogens with one attached hydrogen (secondary N) is 1. The largest absolute Gasteiger partial charge is 0.271 e. The highest BCUT2D eigenvalue weighted by atomic mass is 35.5. The van der Waals surface area contributed by atoms with Crippen LogP contribution in [-0.4, -0.2) is 4.98 Å². The molecule has 0 saturated carbocycles.